The van der Waals surface area contributed by atoms with Crippen LogP contribution in [0.2, 0.25) is 5.02 Å². The Hall–Kier alpha value is -3.49. The molecule has 0 bridgehead atoms. The van der Waals surface area contributed by atoms with E-state index in [9.17, 15) is 19.1 Å². The van der Waals surface area contributed by atoms with E-state index in [1.54, 1.807) is 19.1 Å². The van der Waals surface area contributed by atoms with E-state index in [0.29, 0.717) is 27.6 Å². The minimum atomic E-state index is -0.632. The van der Waals surface area contributed by atoms with Crippen molar-refractivity contribution in [3.05, 3.63) is 92.2 Å². The molecule has 7 nitrogen and oxygen atoms in total. The molecule has 9 heteroatoms. The molecule has 2 aromatic heterocycles. The number of aromatic nitrogens is 4. The van der Waals surface area contributed by atoms with Crippen molar-refractivity contribution >= 4 is 27.9 Å². The lowest BCUT2D eigenvalue weighted by Crippen LogP contribution is -2.21. The zero-order chi connectivity index (χ0) is 21.6. The van der Waals surface area contributed by atoms with E-state index in [-0.39, 0.29) is 16.5 Å². The largest absolute Gasteiger partial charge is 0.388 e. The second-order valence-electron chi connectivity index (χ2n) is 6.75. The number of nitrogens with one attached hydrogen (secondary N) is 1. The van der Waals surface area contributed by atoms with Crippen molar-refractivity contribution in [2.45, 2.75) is 13.5 Å². The van der Waals surface area contributed by atoms with Crippen LogP contribution in [0.4, 0.5) is 4.39 Å². The number of pyridine rings is 1. The summed E-state index contributed by atoms with van der Waals surface area (Å²) in [7, 11) is 0. The Balaban J connectivity index is 2.04. The minimum Gasteiger partial charge on any atom is -0.388 e. The van der Waals surface area contributed by atoms with Crippen molar-refractivity contribution in [3.63, 3.8) is 0 Å². The van der Waals surface area contributed by atoms with Gasteiger partial charge < -0.3 is 5.11 Å². The van der Waals surface area contributed by atoms with E-state index >= 15 is 0 Å². The van der Waals surface area contributed by atoms with E-state index in [1.807, 2.05) is 0 Å². The Bertz CT molecular complexity index is 1410. The Morgan fingerprint density at radius 2 is 2.03 bits per heavy atom. The first-order chi connectivity index (χ1) is 14.3. The molecule has 0 spiro atoms. The number of nitrogens with zero attached hydrogens (tertiary/aromatic N) is 3. The summed E-state index contributed by atoms with van der Waals surface area (Å²) in [5.74, 6) is -0.516. The molecule has 30 heavy (non-hydrogen) atoms. The first-order valence-corrected chi connectivity index (χ1v) is 9.28. The standard InChI is InChI=1S/C21H16ClFN4O3/c1-11(2)15-9-26(19-16(22)4-3-5-17(19)23)20(29)13-7-6-12(8-14(13)15)27-21(30)24-18(10-28)25-27/h3-9,28H,1,10H2,2H3,(H,24,25,30). The number of fused-ring (bicyclic) bond motifs is 1. The third kappa shape index (κ3) is 3.16. The van der Waals surface area contributed by atoms with E-state index in [0.717, 1.165) is 9.25 Å². The topological polar surface area (TPSA) is 92.9 Å². The number of halogens is 2. The highest BCUT2D eigenvalue weighted by molar-refractivity contribution is 6.32. The number of para-hydroxylation sites is 1. The van der Waals surface area contributed by atoms with E-state index in [2.05, 4.69) is 16.7 Å². The summed E-state index contributed by atoms with van der Waals surface area (Å²) in [5, 5.41) is 14.1. The number of aliphatic hydroxyl groups excluding tert-OH is 1. The number of benzene rings is 2. The molecule has 0 radical (unpaired) electrons. The van der Waals surface area contributed by atoms with Crippen molar-refractivity contribution in [3.8, 4) is 11.4 Å². The predicted molar refractivity (Wildman–Crippen MR) is 113 cm³/mol. The fourth-order valence-electron chi connectivity index (χ4n) is 3.30. The number of hydrogen-bond donors (Lipinski definition) is 2. The number of allylic oxidation sites excluding steroid dienone is 1. The first kappa shape index (κ1) is 19.8. The molecule has 152 valence electrons. The van der Waals surface area contributed by atoms with Crippen molar-refractivity contribution in [1.82, 2.24) is 19.3 Å². The predicted octanol–water partition coefficient (Wildman–Crippen LogP) is 3.18. The molecule has 4 rings (SSSR count). The summed E-state index contributed by atoms with van der Waals surface area (Å²) in [6, 6.07) is 8.89. The number of aliphatic hydroxyl groups is 1. The highest BCUT2D eigenvalue weighted by atomic mass is 35.5. The number of hydrogen-bond acceptors (Lipinski definition) is 4. The maximum absolute atomic E-state index is 14.5. The highest BCUT2D eigenvalue weighted by Gasteiger charge is 2.17. The number of aromatic amines is 1. The molecule has 0 amide bonds. The van der Waals surface area contributed by atoms with Crippen LogP contribution < -0.4 is 11.2 Å². The maximum atomic E-state index is 14.5. The van der Waals surface area contributed by atoms with Crippen LogP contribution in [0.15, 0.2) is 58.8 Å². The van der Waals surface area contributed by atoms with Gasteiger partial charge in [-0.1, -0.05) is 24.2 Å². The summed E-state index contributed by atoms with van der Waals surface area (Å²) in [6.45, 7) is 5.29. The zero-order valence-electron chi connectivity index (χ0n) is 15.8. The third-order valence-corrected chi connectivity index (χ3v) is 5.00. The molecule has 0 saturated carbocycles. The van der Waals surface area contributed by atoms with E-state index in [1.165, 1.54) is 30.5 Å². The Labute approximate surface area is 174 Å². The molecule has 0 atom stereocenters. The van der Waals surface area contributed by atoms with Crippen molar-refractivity contribution in [1.29, 1.82) is 0 Å². The fraction of sp³-hybridized carbons (Fsp3) is 0.0952. The monoisotopic (exact) mass is 426 g/mol. The normalized spacial score (nSPS) is 11.2. The molecule has 0 aliphatic heterocycles. The second kappa shape index (κ2) is 7.40. The molecular formula is C21H16ClFN4O3. The average molecular weight is 427 g/mol. The highest BCUT2D eigenvalue weighted by Crippen LogP contribution is 2.28. The van der Waals surface area contributed by atoms with Crippen LogP contribution in [0.1, 0.15) is 18.3 Å². The molecule has 0 aliphatic carbocycles. The minimum absolute atomic E-state index is 0.0475. The molecule has 0 saturated heterocycles. The summed E-state index contributed by atoms with van der Waals surface area (Å²) < 4.78 is 16.7. The van der Waals surface area contributed by atoms with Crippen LogP contribution in [0.25, 0.3) is 27.7 Å². The van der Waals surface area contributed by atoms with Crippen LogP contribution >= 0.6 is 11.6 Å². The molecular weight excluding hydrogens is 411 g/mol. The van der Waals surface area contributed by atoms with Gasteiger partial charge in [-0.15, -0.1) is 5.10 Å². The Kier molecular flexibility index (Phi) is 4.89. The lowest BCUT2D eigenvalue weighted by atomic mass is 10.0. The summed E-state index contributed by atoms with van der Waals surface area (Å²) in [5.41, 5.74) is 0.557. The van der Waals surface area contributed by atoms with Gasteiger partial charge in [0, 0.05) is 17.1 Å². The van der Waals surface area contributed by atoms with Gasteiger partial charge in [0.25, 0.3) is 5.56 Å². The number of rotatable bonds is 4. The average Bonchev–Trinajstić information content (AvgIpc) is 3.09. The maximum Gasteiger partial charge on any atom is 0.348 e. The molecule has 0 fully saturated rings. The van der Waals surface area contributed by atoms with Gasteiger partial charge in [-0.05, 0) is 48.2 Å². The van der Waals surface area contributed by atoms with Crippen molar-refractivity contribution < 1.29 is 9.50 Å². The quantitative estimate of drug-likeness (QED) is 0.524. The summed E-state index contributed by atoms with van der Waals surface area (Å²) in [4.78, 5) is 27.7. The van der Waals surface area contributed by atoms with Crippen LogP contribution in [-0.4, -0.2) is 24.4 Å². The molecule has 0 aliphatic rings. The zero-order valence-corrected chi connectivity index (χ0v) is 16.6. The number of H-pyrrole nitrogens is 1. The third-order valence-electron chi connectivity index (χ3n) is 4.70. The van der Waals surface area contributed by atoms with Gasteiger partial charge in [-0.2, -0.15) is 4.68 Å². The van der Waals surface area contributed by atoms with Gasteiger partial charge in [-0.3, -0.25) is 14.3 Å². The lowest BCUT2D eigenvalue weighted by Gasteiger charge is -2.15. The summed E-state index contributed by atoms with van der Waals surface area (Å²) >= 11 is 6.17. The van der Waals surface area contributed by atoms with E-state index in [4.69, 9.17) is 11.6 Å². The molecule has 2 aromatic carbocycles. The lowest BCUT2D eigenvalue weighted by molar-refractivity contribution is 0.271. The van der Waals surface area contributed by atoms with Crippen LogP contribution in [0.3, 0.4) is 0 Å². The van der Waals surface area contributed by atoms with Gasteiger partial charge in [0.1, 0.15) is 18.1 Å². The molecule has 4 aromatic rings. The van der Waals surface area contributed by atoms with Crippen molar-refractivity contribution in [2.24, 2.45) is 0 Å². The molecule has 2 heterocycles. The molecule has 2 N–H and O–H groups in total. The summed E-state index contributed by atoms with van der Waals surface area (Å²) in [6.07, 6.45) is 1.48. The van der Waals surface area contributed by atoms with Crippen molar-refractivity contribution in [2.75, 3.05) is 0 Å². The fourth-order valence-corrected chi connectivity index (χ4v) is 3.55. The first-order valence-electron chi connectivity index (χ1n) is 8.91. The smallest absolute Gasteiger partial charge is 0.348 e. The van der Waals surface area contributed by atoms with Gasteiger partial charge >= 0.3 is 5.69 Å². The van der Waals surface area contributed by atoms with Gasteiger partial charge in [-0.25, -0.2) is 9.18 Å². The van der Waals surface area contributed by atoms with Gasteiger partial charge in [0.2, 0.25) is 0 Å². The Morgan fingerprint density at radius 3 is 2.67 bits per heavy atom. The van der Waals surface area contributed by atoms with Crippen LogP contribution in [0.5, 0.6) is 0 Å². The SMILES string of the molecule is C=C(C)c1cn(-c2c(F)cccc2Cl)c(=O)c2ccc(-n3nc(CO)[nH]c3=O)cc12. The van der Waals surface area contributed by atoms with Gasteiger partial charge in [0.15, 0.2) is 5.82 Å². The van der Waals surface area contributed by atoms with E-state index < -0.39 is 23.7 Å². The molecule has 0 unspecified atom stereocenters. The Morgan fingerprint density at radius 1 is 1.27 bits per heavy atom. The second-order valence-corrected chi connectivity index (χ2v) is 7.15. The van der Waals surface area contributed by atoms with Gasteiger partial charge in [0.05, 0.1) is 10.7 Å². The van der Waals surface area contributed by atoms with Crippen LogP contribution in [-0.2, 0) is 6.61 Å². The van der Waals surface area contributed by atoms with Crippen LogP contribution in [0, 0.1) is 5.82 Å².